The second kappa shape index (κ2) is 6.37. The molecule has 0 radical (unpaired) electrons. The van der Waals surface area contributed by atoms with Gasteiger partial charge in [0.2, 0.25) is 0 Å². The van der Waals surface area contributed by atoms with Crippen molar-refractivity contribution in [2.24, 2.45) is 22.7 Å². The van der Waals surface area contributed by atoms with Gasteiger partial charge in [-0.1, -0.05) is 27.2 Å². The highest BCUT2D eigenvalue weighted by Gasteiger charge is 2.54. The van der Waals surface area contributed by atoms with Crippen LogP contribution in [0.15, 0.2) is 0 Å². The minimum absolute atomic E-state index is 0.0405. The van der Waals surface area contributed by atoms with Crippen LogP contribution in [0.1, 0.15) is 66.7 Å². The molecule has 4 atom stereocenters. The Labute approximate surface area is 129 Å². The Morgan fingerprint density at radius 1 is 1.24 bits per heavy atom. The van der Waals surface area contributed by atoms with E-state index in [0.29, 0.717) is 30.3 Å². The van der Waals surface area contributed by atoms with Crippen LogP contribution in [-0.2, 0) is 14.3 Å². The van der Waals surface area contributed by atoms with Crippen molar-refractivity contribution in [3.63, 3.8) is 0 Å². The SMILES string of the molecule is CCOC(C)OC[C@H]1C(=O)CC[C@H]2C(C)(C)CCC[C@]12C. The molecule has 3 nitrogen and oxygen atoms in total. The maximum Gasteiger partial charge on any atom is 0.154 e. The zero-order valence-corrected chi connectivity index (χ0v) is 14.4. The Bertz CT molecular complexity index is 377. The van der Waals surface area contributed by atoms with Gasteiger partial charge in [-0.2, -0.15) is 0 Å². The van der Waals surface area contributed by atoms with E-state index in [1.54, 1.807) is 0 Å². The lowest BCUT2D eigenvalue weighted by Crippen LogP contribution is -2.53. The van der Waals surface area contributed by atoms with Crippen LogP contribution in [0.4, 0.5) is 0 Å². The fourth-order valence-electron chi connectivity index (χ4n) is 4.93. The molecule has 0 heterocycles. The molecular formula is C18H32O3. The summed E-state index contributed by atoms with van der Waals surface area (Å²) in [5.74, 6) is 1.07. The molecule has 0 aliphatic heterocycles. The van der Waals surface area contributed by atoms with Gasteiger partial charge < -0.3 is 9.47 Å². The van der Waals surface area contributed by atoms with Gasteiger partial charge in [0, 0.05) is 18.9 Å². The van der Waals surface area contributed by atoms with E-state index in [4.69, 9.17) is 9.47 Å². The van der Waals surface area contributed by atoms with Gasteiger partial charge in [-0.25, -0.2) is 0 Å². The van der Waals surface area contributed by atoms with Crippen molar-refractivity contribution in [3.05, 3.63) is 0 Å². The zero-order chi connectivity index (χ0) is 15.7. The molecule has 0 aromatic carbocycles. The number of hydrogen-bond donors (Lipinski definition) is 0. The normalized spacial score (nSPS) is 37.1. The molecule has 2 rings (SSSR count). The number of carbonyl (C=O) groups excluding carboxylic acids is 1. The molecule has 21 heavy (non-hydrogen) atoms. The second-order valence-corrected chi connectivity index (χ2v) is 7.81. The van der Waals surface area contributed by atoms with Crippen molar-refractivity contribution in [1.82, 2.24) is 0 Å². The largest absolute Gasteiger partial charge is 0.353 e. The summed E-state index contributed by atoms with van der Waals surface area (Å²) < 4.78 is 11.3. The van der Waals surface area contributed by atoms with Gasteiger partial charge in [0.1, 0.15) is 5.78 Å². The minimum atomic E-state index is -0.219. The second-order valence-electron chi connectivity index (χ2n) is 7.81. The van der Waals surface area contributed by atoms with E-state index in [2.05, 4.69) is 20.8 Å². The van der Waals surface area contributed by atoms with Gasteiger partial charge >= 0.3 is 0 Å². The highest BCUT2D eigenvalue weighted by atomic mass is 16.7. The first kappa shape index (κ1) is 17.0. The monoisotopic (exact) mass is 296 g/mol. The van der Waals surface area contributed by atoms with Gasteiger partial charge in [-0.05, 0) is 49.9 Å². The lowest BCUT2D eigenvalue weighted by molar-refractivity contribution is -0.172. The van der Waals surface area contributed by atoms with Crippen molar-refractivity contribution < 1.29 is 14.3 Å². The van der Waals surface area contributed by atoms with Gasteiger partial charge in [0.05, 0.1) is 6.61 Å². The maximum atomic E-state index is 12.5. The summed E-state index contributed by atoms with van der Waals surface area (Å²) in [6.45, 7) is 12.1. The van der Waals surface area contributed by atoms with Gasteiger partial charge in [-0.3, -0.25) is 4.79 Å². The molecule has 2 aliphatic rings. The Morgan fingerprint density at radius 3 is 2.62 bits per heavy atom. The molecule has 0 spiro atoms. The summed E-state index contributed by atoms with van der Waals surface area (Å²) in [4.78, 5) is 12.5. The topological polar surface area (TPSA) is 35.5 Å². The fraction of sp³-hybridized carbons (Fsp3) is 0.944. The highest BCUT2D eigenvalue weighted by Crippen LogP contribution is 2.58. The molecule has 0 aromatic rings. The minimum Gasteiger partial charge on any atom is -0.353 e. The van der Waals surface area contributed by atoms with Crippen molar-refractivity contribution in [2.75, 3.05) is 13.2 Å². The molecule has 0 N–H and O–H groups in total. The van der Waals surface area contributed by atoms with Crippen molar-refractivity contribution in [1.29, 1.82) is 0 Å². The van der Waals surface area contributed by atoms with Crippen molar-refractivity contribution in [3.8, 4) is 0 Å². The van der Waals surface area contributed by atoms with Gasteiger partial charge in [0.15, 0.2) is 6.29 Å². The van der Waals surface area contributed by atoms with Crippen LogP contribution in [0, 0.1) is 22.7 Å². The summed E-state index contributed by atoms with van der Waals surface area (Å²) in [6, 6.07) is 0. The predicted molar refractivity (Wildman–Crippen MR) is 84.0 cm³/mol. The van der Waals surface area contributed by atoms with Crippen LogP contribution < -0.4 is 0 Å². The molecular weight excluding hydrogens is 264 g/mol. The van der Waals surface area contributed by atoms with Crippen LogP contribution in [0.2, 0.25) is 0 Å². The fourth-order valence-corrected chi connectivity index (χ4v) is 4.93. The quantitative estimate of drug-likeness (QED) is 0.713. The summed E-state index contributed by atoms with van der Waals surface area (Å²) in [7, 11) is 0. The number of ether oxygens (including phenoxy) is 2. The first-order valence-corrected chi connectivity index (χ1v) is 8.57. The van der Waals surface area contributed by atoms with Crippen LogP contribution in [0.5, 0.6) is 0 Å². The molecule has 0 bridgehead atoms. The zero-order valence-electron chi connectivity index (χ0n) is 14.4. The molecule has 2 saturated carbocycles. The Hall–Kier alpha value is -0.410. The molecule has 122 valence electrons. The van der Waals surface area contributed by atoms with E-state index in [1.807, 2.05) is 13.8 Å². The Morgan fingerprint density at radius 2 is 1.95 bits per heavy atom. The lowest BCUT2D eigenvalue weighted by atomic mass is 9.48. The first-order valence-electron chi connectivity index (χ1n) is 8.57. The van der Waals surface area contributed by atoms with Crippen molar-refractivity contribution >= 4 is 5.78 Å². The molecule has 2 fully saturated rings. The van der Waals surface area contributed by atoms with Crippen LogP contribution in [0.25, 0.3) is 0 Å². The van der Waals surface area contributed by atoms with Gasteiger partial charge in [0.25, 0.3) is 0 Å². The van der Waals surface area contributed by atoms with E-state index in [1.165, 1.54) is 12.8 Å². The van der Waals surface area contributed by atoms with E-state index in [9.17, 15) is 4.79 Å². The maximum absolute atomic E-state index is 12.5. The summed E-state index contributed by atoms with van der Waals surface area (Å²) >= 11 is 0. The number of hydrogen-bond acceptors (Lipinski definition) is 3. The first-order chi connectivity index (χ1) is 9.81. The smallest absolute Gasteiger partial charge is 0.154 e. The van der Waals surface area contributed by atoms with Crippen molar-refractivity contribution in [2.45, 2.75) is 73.0 Å². The summed E-state index contributed by atoms with van der Waals surface area (Å²) in [6.07, 6.45) is 5.22. The molecule has 2 aliphatic carbocycles. The molecule has 1 unspecified atom stereocenters. The molecule has 0 saturated heterocycles. The summed E-state index contributed by atoms with van der Waals surface area (Å²) in [5, 5.41) is 0. The van der Waals surface area contributed by atoms with Crippen LogP contribution in [0.3, 0.4) is 0 Å². The number of fused-ring (bicyclic) bond motifs is 1. The third kappa shape index (κ3) is 3.34. The van der Waals surface area contributed by atoms with E-state index in [-0.39, 0.29) is 17.6 Å². The average molecular weight is 296 g/mol. The molecule has 0 aromatic heterocycles. The number of ketones is 1. The van der Waals surface area contributed by atoms with Gasteiger partial charge in [-0.15, -0.1) is 0 Å². The van der Waals surface area contributed by atoms with E-state index < -0.39 is 0 Å². The third-order valence-electron chi connectivity index (χ3n) is 6.04. The highest BCUT2D eigenvalue weighted by molar-refractivity contribution is 5.83. The molecule has 0 amide bonds. The third-order valence-corrected chi connectivity index (χ3v) is 6.04. The number of Topliss-reactive ketones (excluding diaryl/α,β-unsaturated/α-hetero) is 1. The Balaban J connectivity index is 2.12. The predicted octanol–water partition coefficient (Wildman–Crippen LogP) is 4.20. The Kier molecular flexibility index (Phi) is 5.15. The average Bonchev–Trinajstić information content (AvgIpc) is 2.37. The van der Waals surface area contributed by atoms with E-state index >= 15 is 0 Å². The number of rotatable bonds is 5. The summed E-state index contributed by atoms with van der Waals surface area (Å²) in [5.41, 5.74) is 0.445. The van der Waals surface area contributed by atoms with Crippen LogP contribution >= 0.6 is 0 Å². The van der Waals surface area contributed by atoms with E-state index in [0.717, 1.165) is 19.3 Å². The molecule has 3 heteroatoms. The lowest BCUT2D eigenvalue weighted by Gasteiger charge is -2.56. The number of carbonyl (C=O) groups is 1. The van der Waals surface area contributed by atoms with Crippen LogP contribution in [-0.4, -0.2) is 25.3 Å². The standard InChI is InChI=1S/C18H32O3/c1-6-20-13(2)21-12-14-15(19)8-9-16-17(3,4)10-7-11-18(14,16)5/h13-14,16H,6-12H2,1-5H3/t13?,14-,16-,18+/m0/s1.